The Morgan fingerprint density at radius 3 is 2.71 bits per heavy atom. The first-order chi connectivity index (χ1) is 9.90. The molecule has 0 unspecified atom stereocenters. The van der Waals surface area contributed by atoms with Crippen LogP contribution < -0.4 is 0 Å². The van der Waals surface area contributed by atoms with E-state index in [0.29, 0.717) is 11.1 Å². The monoisotopic (exact) mass is 300 g/mol. The normalized spacial score (nSPS) is 10.5. The van der Waals surface area contributed by atoms with Gasteiger partial charge in [-0.25, -0.2) is 4.98 Å². The fraction of sp³-hybridized carbons (Fsp3) is 0.462. The molecule has 1 aromatic heterocycles. The number of rotatable bonds is 7. The second-order valence-electron chi connectivity index (χ2n) is 4.33. The number of imidazole rings is 1. The van der Waals surface area contributed by atoms with Gasteiger partial charge in [0.2, 0.25) is 11.8 Å². The van der Waals surface area contributed by atoms with Crippen LogP contribution in [0.5, 0.6) is 0 Å². The van der Waals surface area contributed by atoms with Crippen molar-refractivity contribution in [1.82, 2.24) is 19.4 Å². The highest BCUT2D eigenvalue weighted by atomic mass is 19.3. The summed E-state index contributed by atoms with van der Waals surface area (Å²) in [6.07, 6.45) is 3.53. The molecule has 0 aromatic carbocycles. The Bertz CT molecular complexity index is 516. The number of aromatic nitrogens is 2. The molecule has 0 N–H and O–H groups in total. The van der Waals surface area contributed by atoms with Crippen LogP contribution in [0.4, 0.5) is 8.78 Å². The first-order valence-electron chi connectivity index (χ1n) is 6.35. The molecular formula is C13H18F2N4O2. The summed E-state index contributed by atoms with van der Waals surface area (Å²) in [5.41, 5.74) is 0. The smallest absolute Gasteiger partial charge is 0.319 e. The van der Waals surface area contributed by atoms with E-state index in [1.807, 2.05) is 0 Å². The lowest BCUT2D eigenvalue weighted by atomic mass is 10.4. The lowest BCUT2D eigenvalue weighted by molar-refractivity contribution is -0.137. The molecule has 0 aliphatic carbocycles. The van der Waals surface area contributed by atoms with Crippen molar-refractivity contribution in [3.63, 3.8) is 0 Å². The van der Waals surface area contributed by atoms with Crippen molar-refractivity contribution >= 4 is 11.8 Å². The van der Waals surface area contributed by atoms with Crippen LogP contribution in [0, 0.1) is 0 Å². The summed E-state index contributed by atoms with van der Waals surface area (Å²) in [6, 6.07) is 0. The number of likely N-dealkylation sites (N-methyl/N-ethyl adjacent to an activating group) is 2. The summed E-state index contributed by atoms with van der Waals surface area (Å²) in [4.78, 5) is 29.9. The molecule has 0 aliphatic rings. The van der Waals surface area contributed by atoms with Gasteiger partial charge in [-0.1, -0.05) is 6.58 Å². The van der Waals surface area contributed by atoms with Crippen molar-refractivity contribution in [2.75, 3.05) is 20.1 Å². The van der Waals surface area contributed by atoms with Crippen molar-refractivity contribution in [2.45, 2.75) is 20.0 Å². The number of alkyl halides is 2. The maximum Gasteiger partial charge on any atom is 0.319 e. The zero-order valence-electron chi connectivity index (χ0n) is 12.0. The van der Waals surface area contributed by atoms with E-state index in [4.69, 9.17) is 0 Å². The fourth-order valence-electron chi connectivity index (χ4n) is 1.70. The van der Waals surface area contributed by atoms with Crippen molar-refractivity contribution in [3.8, 4) is 0 Å². The van der Waals surface area contributed by atoms with Crippen LogP contribution in [-0.2, 0) is 16.1 Å². The molecule has 116 valence electrons. The SMILES string of the molecule is C=CC(=O)N(CC)CC(=O)N(C)Cc1nccn1C(F)F. The van der Waals surface area contributed by atoms with E-state index in [2.05, 4.69) is 11.6 Å². The molecule has 2 amide bonds. The summed E-state index contributed by atoms with van der Waals surface area (Å²) in [7, 11) is 1.47. The third-order valence-electron chi connectivity index (χ3n) is 2.96. The van der Waals surface area contributed by atoms with Crippen LogP contribution in [0.1, 0.15) is 19.3 Å². The number of carbonyl (C=O) groups is 2. The number of amides is 2. The molecule has 0 saturated heterocycles. The number of hydrogen-bond acceptors (Lipinski definition) is 3. The maximum atomic E-state index is 12.7. The summed E-state index contributed by atoms with van der Waals surface area (Å²) < 4.78 is 26.1. The first-order valence-corrected chi connectivity index (χ1v) is 6.35. The van der Waals surface area contributed by atoms with Gasteiger partial charge >= 0.3 is 6.55 Å². The summed E-state index contributed by atoms with van der Waals surface area (Å²) >= 11 is 0. The van der Waals surface area contributed by atoms with Crippen LogP contribution in [0.3, 0.4) is 0 Å². The highest BCUT2D eigenvalue weighted by Gasteiger charge is 2.19. The summed E-state index contributed by atoms with van der Waals surface area (Å²) in [6.45, 7) is 2.55. The molecule has 1 rings (SSSR count). The summed E-state index contributed by atoms with van der Waals surface area (Å²) in [5, 5.41) is 0. The minimum Gasteiger partial charge on any atom is -0.337 e. The van der Waals surface area contributed by atoms with Gasteiger partial charge in [0.25, 0.3) is 0 Å². The van der Waals surface area contributed by atoms with Crippen molar-refractivity contribution in [3.05, 3.63) is 30.9 Å². The van der Waals surface area contributed by atoms with E-state index in [9.17, 15) is 18.4 Å². The van der Waals surface area contributed by atoms with Gasteiger partial charge in [0.05, 0.1) is 13.1 Å². The molecule has 21 heavy (non-hydrogen) atoms. The van der Waals surface area contributed by atoms with Crippen LogP contribution in [0.25, 0.3) is 0 Å². The lowest BCUT2D eigenvalue weighted by Crippen LogP contribution is -2.40. The van der Waals surface area contributed by atoms with Crippen LogP contribution >= 0.6 is 0 Å². The third-order valence-corrected chi connectivity index (χ3v) is 2.96. The third kappa shape index (κ3) is 4.37. The molecule has 8 heteroatoms. The molecule has 0 bridgehead atoms. The van der Waals surface area contributed by atoms with E-state index in [1.165, 1.54) is 23.0 Å². The predicted octanol–water partition coefficient (Wildman–Crippen LogP) is 1.27. The van der Waals surface area contributed by atoms with Gasteiger partial charge in [0.15, 0.2) is 0 Å². The van der Waals surface area contributed by atoms with Crippen molar-refractivity contribution in [1.29, 1.82) is 0 Å². The Balaban J connectivity index is 2.68. The van der Waals surface area contributed by atoms with Crippen molar-refractivity contribution in [2.24, 2.45) is 0 Å². The second kappa shape index (κ2) is 7.51. The number of carbonyl (C=O) groups excluding carboxylic acids is 2. The molecule has 0 aliphatic heterocycles. The van der Waals surface area contributed by atoms with E-state index < -0.39 is 6.55 Å². The summed E-state index contributed by atoms with van der Waals surface area (Å²) in [5.74, 6) is -0.636. The molecule has 0 saturated carbocycles. The molecular weight excluding hydrogens is 282 g/mol. The van der Waals surface area contributed by atoms with Gasteiger partial charge in [-0.05, 0) is 13.0 Å². The largest absolute Gasteiger partial charge is 0.337 e. The predicted molar refractivity (Wildman–Crippen MR) is 72.4 cm³/mol. The Morgan fingerprint density at radius 1 is 1.52 bits per heavy atom. The van der Waals surface area contributed by atoms with Gasteiger partial charge in [-0.15, -0.1) is 0 Å². The molecule has 0 fully saturated rings. The molecule has 0 spiro atoms. The average molecular weight is 300 g/mol. The van der Waals surface area contributed by atoms with Gasteiger partial charge in [-0.2, -0.15) is 8.78 Å². The quantitative estimate of drug-likeness (QED) is 0.713. The van der Waals surface area contributed by atoms with Gasteiger partial charge in [-0.3, -0.25) is 14.2 Å². The number of halogens is 2. The van der Waals surface area contributed by atoms with E-state index in [-0.39, 0.29) is 30.7 Å². The van der Waals surface area contributed by atoms with E-state index in [0.717, 1.165) is 12.3 Å². The minimum absolute atomic E-state index is 0.0595. The lowest BCUT2D eigenvalue weighted by Gasteiger charge is -2.23. The molecule has 0 radical (unpaired) electrons. The Hall–Kier alpha value is -2.25. The zero-order valence-corrected chi connectivity index (χ0v) is 12.0. The number of nitrogens with zero attached hydrogens (tertiary/aromatic N) is 4. The van der Waals surface area contributed by atoms with Crippen molar-refractivity contribution < 1.29 is 18.4 Å². The highest BCUT2D eigenvalue weighted by molar-refractivity contribution is 5.90. The Labute approximate surface area is 121 Å². The first kappa shape index (κ1) is 16.8. The van der Waals surface area contributed by atoms with Gasteiger partial charge < -0.3 is 9.80 Å². The van der Waals surface area contributed by atoms with Crippen LogP contribution in [0.15, 0.2) is 25.0 Å². The molecule has 1 aromatic rings. The van der Waals surface area contributed by atoms with Gasteiger partial charge in [0.1, 0.15) is 5.82 Å². The number of hydrogen-bond donors (Lipinski definition) is 0. The van der Waals surface area contributed by atoms with Gasteiger partial charge in [0, 0.05) is 26.0 Å². The average Bonchev–Trinajstić information content (AvgIpc) is 2.91. The Morgan fingerprint density at radius 2 is 2.19 bits per heavy atom. The minimum atomic E-state index is -2.71. The Kier molecular flexibility index (Phi) is 6.01. The fourth-order valence-corrected chi connectivity index (χ4v) is 1.70. The highest BCUT2D eigenvalue weighted by Crippen LogP contribution is 2.13. The topological polar surface area (TPSA) is 58.4 Å². The maximum absolute atomic E-state index is 12.7. The molecule has 1 heterocycles. The van der Waals surface area contributed by atoms with Crippen LogP contribution in [-0.4, -0.2) is 51.3 Å². The zero-order chi connectivity index (χ0) is 16.0. The standard InChI is InChI=1S/C13H18F2N4O2/c1-4-11(20)18(5-2)9-12(21)17(3)8-10-16-6-7-19(10)13(14)15/h4,6-7,13H,1,5,8-9H2,2-3H3. The van der Waals surface area contributed by atoms with E-state index in [1.54, 1.807) is 6.92 Å². The second-order valence-corrected chi connectivity index (χ2v) is 4.33. The molecule has 0 atom stereocenters. The molecule has 6 nitrogen and oxygen atoms in total. The van der Waals surface area contributed by atoms with E-state index >= 15 is 0 Å². The van der Waals surface area contributed by atoms with Crippen LogP contribution in [0.2, 0.25) is 0 Å².